The largest absolute Gasteiger partial charge is 0.416 e. The van der Waals surface area contributed by atoms with E-state index in [0.717, 1.165) is 48.2 Å². The summed E-state index contributed by atoms with van der Waals surface area (Å²) < 4.78 is 39.5. The maximum Gasteiger partial charge on any atom is 0.416 e. The lowest BCUT2D eigenvalue weighted by molar-refractivity contribution is -0.137. The Labute approximate surface area is 135 Å². The number of alkyl halides is 3. The molecule has 0 aliphatic heterocycles. The van der Waals surface area contributed by atoms with Crippen LogP contribution in [-0.2, 0) is 19.0 Å². The number of nitrogens with zero attached hydrogens (tertiary/aromatic N) is 2. The van der Waals surface area contributed by atoms with Crippen molar-refractivity contribution in [2.24, 2.45) is 0 Å². The van der Waals surface area contributed by atoms with Gasteiger partial charge in [-0.3, -0.25) is 9.20 Å². The van der Waals surface area contributed by atoms with Crippen LogP contribution in [0.1, 0.15) is 23.2 Å². The zero-order valence-corrected chi connectivity index (χ0v) is 12.6. The van der Waals surface area contributed by atoms with E-state index < -0.39 is 11.7 Å². The van der Waals surface area contributed by atoms with Gasteiger partial charge in [-0.05, 0) is 54.7 Å². The summed E-state index contributed by atoms with van der Waals surface area (Å²) in [6, 6.07) is 8.44. The maximum atomic E-state index is 12.7. The molecule has 1 aliphatic rings. The first kappa shape index (κ1) is 14.9. The third-order valence-corrected chi connectivity index (χ3v) is 4.40. The third-order valence-electron chi connectivity index (χ3n) is 4.40. The van der Waals surface area contributed by atoms with E-state index in [2.05, 4.69) is 4.98 Å². The molecule has 4 rings (SSSR count). The van der Waals surface area contributed by atoms with E-state index in [0.29, 0.717) is 11.2 Å². The fourth-order valence-electron chi connectivity index (χ4n) is 3.14. The van der Waals surface area contributed by atoms with Crippen molar-refractivity contribution in [1.82, 2.24) is 9.38 Å². The number of aromatic nitrogens is 2. The molecule has 0 N–H and O–H groups in total. The van der Waals surface area contributed by atoms with E-state index in [9.17, 15) is 18.0 Å². The average Bonchev–Trinajstić information content (AvgIpc) is 3.02. The van der Waals surface area contributed by atoms with Gasteiger partial charge in [-0.25, -0.2) is 4.98 Å². The highest BCUT2D eigenvalue weighted by molar-refractivity contribution is 5.67. The number of halogens is 3. The summed E-state index contributed by atoms with van der Waals surface area (Å²) in [6.45, 7) is 0. The number of hydrogen-bond donors (Lipinski definition) is 0. The van der Waals surface area contributed by atoms with Crippen LogP contribution >= 0.6 is 0 Å². The van der Waals surface area contributed by atoms with Crippen molar-refractivity contribution in [1.29, 1.82) is 0 Å². The number of fused-ring (bicyclic) bond motifs is 2. The summed E-state index contributed by atoms with van der Waals surface area (Å²) in [5.74, 6) is 0. The Hall–Kier alpha value is -2.63. The van der Waals surface area contributed by atoms with Crippen molar-refractivity contribution in [2.75, 3.05) is 0 Å². The molecule has 0 radical (unpaired) electrons. The molecule has 122 valence electrons. The lowest BCUT2D eigenvalue weighted by atomic mass is 10.0. The second kappa shape index (κ2) is 5.19. The number of aryl methyl sites for hydroxylation is 1. The topological polar surface area (TPSA) is 34.4 Å². The van der Waals surface area contributed by atoms with Crippen LogP contribution < -0.4 is 5.56 Å². The molecule has 0 amide bonds. The van der Waals surface area contributed by atoms with Crippen LogP contribution in [0, 0.1) is 0 Å². The summed E-state index contributed by atoms with van der Waals surface area (Å²) in [6.07, 6.45) is -0.232. The Morgan fingerprint density at radius 1 is 1.00 bits per heavy atom. The molecule has 0 unspecified atom stereocenters. The van der Waals surface area contributed by atoms with Gasteiger partial charge in [0.1, 0.15) is 5.65 Å². The Bertz CT molecular complexity index is 988. The molecule has 2 heterocycles. The molecule has 0 saturated carbocycles. The van der Waals surface area contributed by atoms with Gasteiger partial charge in [0.25, 0.3) is 5.56 Å². The minimum Gasteiger partial charge on any atom is -0.269 e. The van der Waals surface area contributed by atoms with Crippen LogP contribution in [0.4, 0.5) is 13.2 Å². The van der Waals surface area contributed by atoms with E-state index in [1.165, 1.54) is 16.5 Å². The van der Waals surface area contributed by atoms with Gasteiger partial charge >= 0.3 is 6.18 Å². The zero-order valence-electron chi connectivity index (χ0n) is 12.6. The molecular formula is C18H13F3N2O. The highest BCUT2D eigenvalue weighted by Crippen LogP contribution is 2.31. The molecule has 0 spiro atoms. The molecular weight excluding hydrogens is 317 g/mol. The van der Waals surface area contributed by atoms with Crippen molar-refractivity contribution >= 4 is 5.65 Å². The number of hydrogen-bond acceptors (Lipinski definition) is 2. The molecule has 24 heavy (non-hydrogen) atoms. The molecule has 0 fully saturated rings. The first-order valence-electron chi connectivity index (χ1n) is 7.65. The smallest absolute Gasteiger partial charge is 0.269 e. The van der Waals surface area contributed by atoms with Gasteiger partial charge in [-0.2, -0.15) is 13.2 Å². The van der Waals surface area contributed by atoms with Gasteiger partial charge in [0.05, 0.1) is 11.3 Å². The standard InChI is InChI=1S/C18H13F3N2O/c19-18(20,21)13-6-4-11(5-7-13)12-8-9-23-16(10-12)22-15-3-1-2-14(15)17(23)24/h4-10H,1-3H2. The summed E-state index contributed by atoms with van der Waals surface area (Å²) >= 11 is 0. The molecule has 1 aromatic carbocycles. The summed E-state index contributed by atoms with van der Waals surface area (Å²) in [7, 11) is 0. The lowest BCUT2D eigenvalue weighted by Crippen LogP contribution is -2.19. The molecule has 0 saturated heterocycles. The van der Waals surface area contributed by atoms with Gasteiger partial charge < -0.3 is 0 Å². The van der Waals surface area contributed by atoms with Crippen molar-refractivity contribution in [3.8, 4) is 11.1 Å². The highest BCUT2D eigenvalue weighted by atomic mass is 19.4. The van der Waals surface area contributed by atoms with E-state index >= 15 is 0 Å². The molecule has 1 aliphatic carbocycles. The van der Waals surface area contributed by atoms with E-state index in [1.54, 1.807) is 18.3 Å². The van der Waals surface area contributed by atoms with Gasteiger partial charge in [-0.15, -0.1) is 0 Å². The van der Waals surface area contributed by atoms with E-state index in [-0.39, 0.29) is 5.56 Å². The Morgan fingerprint density at radius 3 is 2.46 bits per heavy atom. The Kier molecular flexibility index (Phi) is 3.23. The monoisotopic (exact) mass is 330 g/mol. The van der Waals surface area contributed by atoms with E-state index in [4.69, 9.17) is 0 Å². The molecule has 0 atom stereocenters. The predicted molar refractivity (Wildman–Crippen MR) is 83.9 cm³/mol. The zero-order chi connectivity index (χ0) is 16.9. The van der Waals surface area contributed by atoms with Crippen LogP contribution in [0.2, 0.25) is 0 Å². The summed E-state index contributed by atoms with van der Waals surface area (Å²) in [5, 5.41) is 0. The first-order valence-corrected chi connectivity index (χ1v) is 7.65. The van der Waals surface area contributed by atoms with Crippen molar-refractivity contribution in [2.45, 2.75) is 25.4 Å². The molecule has 3 nitrogen and oxygen atoms in total. The fraction of sp³-hybridized carbons (Fsp3) is 0.222. The fourth-order valence-corrected chi connectivity index (χ4v) is 3.14. The van der Waals surface area contributed by atoms with Crippen molar-refractivity contribution < 1.29 is 13.2 Å². The molecule has 0 bridgehead atoms. The highest BCUT2D eigenvalue weighted by Gasteiger charge is 2.30. The van der Waals surface area contributed by atoms with Crippen LogP contribution in [0.15, 0.2) is 47.4 Å². The Balaban J connectivity index is 1.81. The quantitative estimate of drug-likeness (QED) is 0.679. The number of rotatable bonds is 1. The van der Waals surface area contributed by atoms with Crippen LogP contribution in [0.25, 0.3) is 16.8 Å². The van der Waals surface area contributed by atoms with Gasteiger partial charge in [-0.1, -0.05) is 12.1 Å². The normalized spacial score (nSPS) is 14.1. The second-order valence-corrected chi connectivity index (χ2v) is 5.91. The predicted octanol–water partition coefficient (Wildman–Crippen LogP) is 3.87. The minimum atomic E-state index is -4.35. The summed E-state index contributed by atoms with van der Waals surface area (Å²) in [5.41, 5.74) is 2.79. The average molecular weight is 330 g/mol. The van der Waals surface area contributed by atoms with Crippen molar-refractivity contribution in [3.63, 3.8) is 0 Å². The van der Waals surface area contributed by atoms with Crippen molar-refractivity contribution in [3.05, 3.63) is 69.8 Å². The molecule has 2 aromatic heterocycles. The third kappa shape index (κ3) is 2.38. The number of pyridine rings is 1. The van der Waals surface area contributed by atoms with E-state index in [1.807, 2.05) is 0 Å². The molecule has 3 aromatic rings. The van der Waals surface area contributed by atoms with Gasteiger partial charge in [0, 0.05) is 11.8 Å². The van der Waals surface area contributed by atoms with Crippen LogP contribution in [0.3, 0.4) is 0 Å². The van der Waals surface area contributed by atoms with Gasteiger partial charge in [0.15, 0.2) is 0 Å². The molecule has 6 heteroatoms. The van der Waals surface area contributed by atoms with Crippen LogP contribution in [-0.4, -0.2) is 9.38 Å². The maximum absolute atomic E-state index is 12.7. The minimum absolute atomic E-state index is 0.0496. The Morgan fingerprint density at radius 2 is 1.75 bits per heavy atom. The SMILES string of the molecule is O=c1c2c(nc3cc(-c4ccc(C(F)(F)F)cc4)ccn13)CCC2. The van der Waals surface area contributed by atoms with Crippen LogP contribution in [0.5, 0.6) is 0 Å². The van der Waals surface area contributed by atoms with Gasteiger partial charge in [0.2, 0.25) is 0 Å². The lowest BCUT2D eigenvalue weighted by Gasteiger charge is -2.09. The summed E-state index contributed by atoms with van der Waals surface area (Å²) in [4.78, 5) is 17.0. The number of benzene rings is 1. The second-order valence-electron chi connectivity index (χ2n) is 5.91. The first-order chi connectivity index (χ1) is 11.4.